The number of carbonyl (C=O) groups excluding carboxylic acids is 3. The van der Waals surface area contributed by atoms with Crippen LogP contribution in [0.1, 0.15) is 10.4 Å². The summed E-state index contributed by atoms with van der Waals surface area (Å²) in [5.41, 5.74) is 1.29. The van der Waals surface area contributed by atoms with Gasteiger partial charge >= 0.3 is 12.0 Å². The maximum atomic E-state index is 12.1. The minimum Gasteiger partial charge on any atom is -0.486 e. The summed E-state index contributed by atoms with van der Waals surface area (Å²) in [6.45, 7) is 0.293. The first-order valence-corrected chi connectivity index (χ1v) is 8.51. The Balaban J connectivity index is 1.49. The van der Waals surface area contributed by atoms with E-state index in [1.807, 2.05) is 0 Å². The third-order valence-corrected chi connectivity index (χ3v) is 3.80. The summed E-state index contributed by atoms with van der Waals surface area (Å²) in [7, 11) is 1.67. The molecule has 9 heteroatoms. The van der Waals surface area contributed by atoms with Crippen molar-refractivity contribution in [2.45, 2.75) is 0 Å². The standard InChI is InChI=1S/C19H19N3O6/c1-20-14-5-3-2-4-13(14)18(24)28-11-17(23)22-19(25)21-12-6-7-15-16(10-12)27-9-8-26-15/h2-7,10,20H,8-9,11H2,1H3,(H2,21,22,23,25). The summed E-state index contributed by atoms with van der Waals surface area (Å²) < 4.78 is 15.8. The van der Waals surface area contributed by atoms with Crippen LogP contribution >= 0.6 is 0 Å². The number of urea groups is 1. The Morgan fingerprint density at radius 2 is 1.79 bits per heavy atom. The van der Waals surface area contributed by atoms with Crippen LogP contribution in [0.5, 0.6) is 11.5 Å². The monoisotopic (exact) mass is 385 g/mol. The smallest absolute Gasteiger partial charge is 0.340 e. The van der Waals surface area contributed by atoms with E-state index in [1.165, 1.54) is 0 Å². The van der Waals surface area contributed by atoms with E-state index in [2.05, 4.69) is 16.0 Å². The van der Waals surface area contributed by atoms with Crippen LogP contribution in [0.3, 0.4) is 0 Å². The molecule has 1 aliphatic rings. The van der Waals surface area contributed by atoms with Gasteiger partial charge in [-0.15, -0.1) is 0 Å². The molecule has 2 aromatic carbocycles. The highest BCUT2D eigenvalue weighted by atomic mass is 16.6. The topological polar surface area (TPSA) is 115 Å². The molecule has 3 N–H and O–H groups in total. The van der Waals surface area contributed by atoms with E-state index in [-0.39, 0.29) is 0 Å². The summed E-state index contributed by atoms with van der Waals surface area (Å²) in [4.78, 5) is 35.9. The molecule has 0 atom stereocenters. The number of nitrogens with one attached hydrogen (secondary N) is 3. The van der Waals surface area contributed by atoms with E-state index in [0.29, 0.717) is 41.7 Å². The van der Waals surface area contributed by atoms with Gasteiger partial charge in [0.05, 0.1) is 5.56 Å². The summed E-state index contributed by atoms with van der Waals surface area (Å²) in [5.74, 6) is -0.341. The lowest BCUT2D eigenvalue weighted by molar-refractivity contribution is -0.123. The molecule has 0 unspecified atom stereocenters. The van der Waals surface area contributed by atoms with Gasteiger partial charge in [-0.25, -0.2) is 9.59 Å². The van der Waals surface area contributed by atoms with Gasteiger partial charge in [-0.3, -0.25) is 10.1 Å². The number of imide groups is 1. The van der Waals surface area contributed by atoms with E-state index in [1.54, 1.807) is 49.5 Å². The molecule has 9 nitrogen and oxygen atoms in total. The second-order valence-corrected chi connectivity index (χ2v) is 5.73. The number of benzene rings is 2. The summed E-state index contributed by atoms with van der Waals surface area (Å²) >= 11 is 0. The van der Waals surface area contributed by atoms with Crippen molar-refractivity contribution < 1.29 is 28.6 Å². The number of hydrogen-bond acceptors (Lipinski definition) is 7. The number of hydrogen-bond donors (Lipinski definition) is 3. The maximum absolute atomic E-state index is 12.1. The zero-order valence-corrected chi connectivity index (χ0v) is 15.1. The second kappa shape index (κ2) is 8.76. The van der Waals surface area contributed by atoms with Crippen LogP contribution in [0.25, 0.3) is 0 Å². The number of amides is 3. The molecule has 28 heavy (non-hydrogen) atoms. The maximum Gasteiger partial charge on any atom is 0.340 e. The third kappa shape index (κ3) is 4.70. The van der Waals surface area contributed by atoms with Crippen LogP contribution in [0, 0.1) is 0 Å². The van der Waals surface area contributed by atoms with Crippen molar-refractivity contribution in [3.63, 3.8) is 0 Å². The van der Waals surface area contributed by atoms with Crippen LogP contribution in [0.4, 0.5) is 16.2 Å². The lowest BCUT2D eigenvalue weighted by Gasteiger charge is -2.19. The second-order valence-electron chi connectivity index (χ2n) is 5.73. The number of ether oxygens (including phenoxy) is 3. The molecule has 0 spiro atoms. The van der Waals surface area contributed by atoms with Crippen molar-refractivity contribution in [1.82, 2.24) is 5.32 Å². The molecule has 146 valence electrons. The Labute approximate surface area is 161 Å². The van der Waals surface area contributed by atoms with Crippen LogP contribution in [0.15, 0.2) is 42.5 Å². The minimum atomic E-state index is -0.759. The fourth-order valence-electron chi connectivity index (χ4n) is 2.53. The Kier molecular flexibility index (Phi) is 5.95. The van der Waals surface area contributed by atoms with Crippen LogP contribution in [-0.4, -0.2) is 44.8 Å². The van der Waals surface area contributed by atoms with E-state index >= 15 is 0 Å². The van der Waals surface area contributed by atoms with Gasteiger partial charge in [0.15, 0.2) is 18.1 Å². The molecule has 0 radical (unpaired) electrons. The van der Waals surface area contributed by atoms with Gasteiger partial charge in [-0.2, -0.15) is 0 Å². The van der Waals surface area contributed by atoms with Crippen molar-refractivity contribution in [3.05, 3.63) is 48.0 Å². The highest BCUT2D eigenvalue weighted by Gasteiger charge is 2.16. The van der Waals surface area contributed by atoms with Crippen molar-refractivity contribution in [3.8, 4) is 11.5 Å². The average molecular weight is 385 g/mol. The fourth-order valence-corrected chi connectivity index (χ4v) is 2.53. The van der Waals surface area contributed by atoms with Crippen LogP contribution < -0.4 is 25.4 Å². The van der Waals surface area contributed by atoms with Gasteiger partial charge in [0.25, 0.3) is 5.91 Å². The Morgan fingerprint density at radius 3 is 2.57 bits per heavy atom. The molecule has 1 heterocycles. The Hall–Kier alpha value is -3.75. The van der Waals surface area contributed by atoms with E-state index in [9.17, 15) is 14.4 Å². The SMILES string of the molecule is CNc1ccccc1C(=O)OCC(=O)NC(=O)Nc1ccc2c(c1)OCCO2. The van der Waals surface area contributed by atoms with Gasteiger partial charge in [-0.05, 0) is 24.3 Å². The molecule has 1 aliphatic heterocycles. The molecule has 3 amide bonds. The zero-order valence-electron chi connectivity index (χ0n) is 15.1. The number of para-hydroxylation sites is 1. The summed E-state index contributed by atoms with van der Waals surface area (Å²) in [6.07, 6.45) is 0. The predicted molar refractivity (Wildman–Crippen MR) is 101 cm³/mol. The van der Waals surface area contributed by atoms with Crippen molar-refractivity contribution >= 4 is 29.3 Å². The summed E-state index contributed by atoms with van der Waals surface area (Å²) in [6, 6.07) is 10.8. The lowest BCUT2D eigenvalue weighted by atomic mass is 10.2. The molecular formula is C19H19N3O6. The highest BCUT2D eigenvalue weighted by Crippen LogP contribution is 2.32. The molecular weight excluding hydrogens is 366 g/mol. The molecule has 0 saturated heterocycles. The van der Waals surface area contributed by atoms with Gasteiger partial charge in [-0.1, -0.05) is 12.1 Å². The zero-order chi connectivity index (χ0) is 19.9. The normalized spacial score (nSPS) is 11.9. The van der Waals surface area contributed by atoms with Crippen molar-refractivity contribution in [2.24, 2.45) is 0 Å². The first-order valence-electron chi connectivity index (χ1n) is 8.51. The van der Waals surface area contributed by atoms with Gasteiger partial charge in [0.1, 0.15) is 13.2 Å². The Morgan fingerprint density at radius 1 is 1.04 bits per heavy atom. The first-order chi connectivity index (χ1) is 13.6. The molecule has 0 aromatic heterocycles. The Bertz CT molecular complexity index is 899. The highest BCUT2D eigenvalue weighted by molar-refractivity contribution is 6.03. The molecule has 2 aromatic rings. The van der Waals surface area contributed by atoms with Gasteiger partial charge in [0, 0.05) is 24.5 Å². The van der Waals surface area contributed by atoms with Crippen molar-refractivity contribution in [1.29, 1.82) is 0 Å². The summed E-state index contributed by atoms with van der Waals surface area (Å²) in [5, 5.41) is 7.45. The molecule has 0 fully saturated rings. The molecule has 3 rings (SSSR count). The van der Waals surface area contributed by atoms with Crippen molar-refractivity contribution in [2.75, 3.05) is 37.5 Å². The number of carbonyl (C=O) groups is 3. The van der Waals surface area contributed by atoms with Crippen LogP contribution in [0.2, 0.25) is 0 Å². The number of rotatable bonds is 5. The molecule has 0 bridgehead atoms. The van der Waals surface area contributed by atoms with E-state index < -0.39 is 24.5 Å². The largest absolute Gasteiger partial charge is 0.486 e. The number of esters is 1. The van der Waals surface area contributed by atoms with Gasteiger partial charge < -0.3 is 24.8 Å². The average Bonchev–Trinajstić information content (AvgIpc) is 2.71. The van der Waals surface area contributed by atoms with E-state index in [4.69, 9.17) is 14.2 Å². The van der Waals surface area contributed by atoms with Crippen LogP contribution in [-0.2, 0) is 9.53 Å². The minimum absolute atomic E-state index is 0.290. The first kappa shape index (κ1) is 19.0. The molecule has 0 saturated carbocycles. The van der Waals surface area contributed by atoms with E-state index in [0.717, 1.165) is 0 Å². The number of fused-ring (bicyclic) bond motifs is 1. The lowest BCUT2D eigenvalue weighted by Crippen LogP contribution is -2.37. The third-order valence-electron chi connectivity index (χ3n) is 3.80. The number of anilines is 2. The fraction of sp³-hybridized carbons (Fsp3) is 0.211. The quantitative estimate of drug-likeness (QED) is 0.675. The molecule has 0 aliphatic carbocycles. The predicted octanol–water partition coefficient (Wildman–Crippen LogP) is 2.00. The van der Waals surface area contributed by atoms with Gasteiger partial charge in [0.2, 0.25) is 0 Å².